The molecule has 0 fully saturated rings. The maximum Gasteiger partial charge on any atom is 0.410 e. The molecule has 4 rings (SSSR count). The van der Waals surface area contributed by atoms with Gasteiger partial charge in [-0.25, -0.2) is 14.8 Å². The molecule has 10 nitrogen and oxygen atoms in total. The van der Waals surface area contributed by atoms with Crippen molar-refractivity contribution in [1.82, 2.24) is 19.9 Å². The number of halogens is 1. The summed E-state index contributed by atoms with van der Waals surface area (Å²) >= 11 is 6.53. The molecule has 0 bridgehead atoms. The Balaban J connectivity index is 1.46. The van der Waals surface area contributed by atoms with Crippen LogP contribution in [-0.4, -0.2) is 57.5 Å². The van der Waals surface area contributed by atoms with Crippen molar-refractivity contribution in [2.75, 3.05) is 25.5 Å². The van der Waals surface area contributed by atoms with E-state index in [0.29, 0.717) is 41.9 Å². The number of oxime groups is 1. The van der Waals surface area contributed by atoms with Crippen molar-refractivity contribution in [3.63, 3.8) is 0 Å². The first-order valence-corrected chi connectivity index (χ1v) is 14.5. The SMILES string of the molecule is CC#C/C(=N\OCCN(C)C(=O)OC(C)(C)CC)c1ccc2ncnc(Nc3ccc(OCc4cccnc4)c(Cl)c3)c2c1. The Kier molecular flexibility index (Phi) is 10.9. The van der Waals surface area contributed by atoms with Crippen molar-refractivity contribution in [2.24, 2.45) is 5.16 Å². The summed E-state index contributed by atoms with van der Waals surface area (Å²) in [6, 6.07) is 14.9. The highest BCUT2D eigenvalue weighted by Gasteiger charge is 2.22. The molecule has 2 aromatic carbocycles. The highest BCUT2D eigenvalue weighted by Crippen LogP contribution is 2.31. The van der Waals surface area contributed by atoms with E-state index < -0.39 is 11.7 Å². The summed E-state index contributed by atoms with van der Waals surface area (Å²) in [4.78, 5) is 32.3. The topological polar surface area (TPSA) is 111 Å². The number of nitrogens with zero attached hydrogens (tertiary/aromatic N) is 5. The van der Waals surface area contributed by atoms with Crippen molar-refractivity contribution in [3.05, 3.63) is 83.4 Å². The summed E-state index contributed by atoms with van der Waals surface area (Å²) in [6.45, 7) is 8.25. The minimum Gasteiger partial charge on any atom is -0.487 e. The molecule has 4 aromatic rings. The molecule has 2 heterocycles. The lowest BCUT2D eigenvalue weighted by atomic mass is 10.1. The van der Waals surface area contributed by atoms with E-state index in [9.17, 15) is 4.79 Å². The number of hydrogen-bond acceptors (Lipinski definition) is 9. The lowest BCUT2D eigenvalue weighted by Crippen LogP contribution is -2.37. The van der Waals surface area contributed by atoms with Crippen LogP contribution in [0.1, 0.15) is 45.2 Å². The molecule has 228 valence electrons. The molecular weight excluding hydrogens is 580 g/mol. The van der Waals surface area contributed by atoms with Gasteiger partial charge in [0.05, 0.1) is 17.1 Å². The van der Waals surface area contributed by atoms with Crippen molar-refractivity contribution >= 4 is 45.8 Å². The number of benzene rings is 2. The van der Waals surface area contributed by atoms with Crippen LogP contribution in [-0.2, 0) is 16.2 Å². The maximum atomic E-state index is 12.3. The van der Waals surface area contributed by atoms with Crippen LogP contribution in [0.4, 0.5) is 16.3 Å². The number of rotatable bonds is 12. The number of nitrogens with one attached hydrogen (secondary N) is 1. The smallest absolute Gasteiger partial charge is 0.410 e. The van der Waals surface area contributed by atoms with Gasteiger partial charge in [0, 0.05) is 41.6 Å². The third kappa shape index (κ3) is 8.82. The first-order chi connectivity index (χ1) is 21.2. The second-order valence-corrected chi connectivity index (χ2v) is 10.8. The predicted molar refractivity (Wildman–Crippen MR) is 172 cm³/mol. The van der Waals surface area contributed by atoms with Crippen LogP contribution >= 0.6 is 11.6 Å². The van der Waals surface area contributed by atoms with Gasteiger partial charge in [0.2, 0.25) is 0 Å². The third-order valence-corrected chi connectivity index (χ3v) is 6.96. The zero-order chi connectivity index (χ0) is 31.5. The molecule has 0 atom stereocenters. The second kappa shape index (κ2) is 15.0. The van der Waals surface area contributed by atoms with Crippen LogP contribution in [0, 0.1) is 11.8 Å². The van der Waals surface area contributed by atoms with Gasteiger partial charge in [-0.2, -0.15) is 0 Å². The quantitative estimate of drug-likeness (QED) is 0.0786. The van der Waals surface area contributed by atoms with Gasteiger partial charge >= 0.3 is 6.09 Å². The van der Waals surface area contributed by atoms with Gasteiger partial charge in [0.25, 0.3) is 0 Å². The minimum atomic E-state index is -0.535. The van der Waals surface area contributed by atoms with Gasteiger partial charge < -0.3 is 24.5 Å². The van der Waals surface area contributed by atoms with Crippen LogP contribution in [0.3, 0.4) is 0 Å². The standard InChI is InChI=1S/C33H35ClN6O4/c1-6-9-28(39-43-17-16-40(5)32(41)44-33(3,4)7-2)24-11-13-29-26(18-24)31(37-22-36-29)38-25-12-14-30(27(34)19-25)42-21-23-10-8-15-35-20-23/h8,10-15,18-20,22H,7,16-17,21H2,1-5H3,(H,36,37,38)/b39-28+. The van der Waals surface area contributed by atoms with E-state index in [2.05, 4.69) is 37.3 Å². The molecule has 0 aliphatic heterocycles. The van der Waals surface area contributed by atoms with Crippen LogP contribution in [0.2, 0.25) is 5.02 Å². The largest absolute Gasteiger partial charge is 0.487 e. The molecule has 0 saturated carbocycles. The van der Waals surface area contributed by atoms with E-state index in [0.717, 1.165) is 27.7 Å². The van der Waals surface area contributed by atoms with Crippen LogP contribution < -0.4 is 10.1 Å². The number of hydrogen-bond donors (Lipinski definition) is 1. The monoisotopic (exact) mass is 614 g/mol. The normalized spacial score (nSPS) is 11.4. The molecule has 11 heteroatoms. The van der Waals surface area contributed by atoms with E-state index in [1.807, 2.05) is 57.2 Å². The summed E-state index contributed by atoms with van der Waals surface area (Å²) in [5.74, 6) is 7.01. The number of likely N-dealkylation sites (N-methyl/N-ethyl adjacent to an activating group) is 1. The van der Waals surface area contributed by atoms with Crippen molar-refractivity contribution in [2.45, 2.75) is 46.3 Å². The average Bonchev–Trinajstić information content (AvgIpc) is 3.02. The van der Waals surface area contributed by atoms with Crippen LogP contribution in [0.5, 0.6) is 5.75 Å². The Bertz CT molecular complexity index is 1680. The summed E-state index contributed by atoms with van der Waals surface area (Å²) in [5, 5.41) is 8.79. The summed E-state index contributed by atoms with van der Waals surface area (Å²) in [7, 11) is 1.65. The molecule has 0 spiro atoms. The fourth-order valence-electron chi connectivity index (χ4n) is 3.81. The van der Waals surface area contributed by atoms with Gasteiger partial charge in [-0.05, 0) is 75.6 Å². The van der Waals surface area contributed by atoms with Crippen LogP contribution in [0.25, 0.3) is 10.9 Å². The van der Waals surface area contributed by atoms with Gasteiger partial charge in [-0.1, -0.05) is 35.7 Å². The fraction of sp³-hybridized carbons (Fsp3) is 0.303. The van der Waals surface area contributed by atoms with E-state index in [1.54, 1.807) is 38.5 Å². The number of pyridine rings is 1. The lowest BCUT2D eigenvalue weighted by molar-refractivity contribution is 0.0108. The minimum absolute atomic E-state index is 0.166. The second-order valence-electron chi connectivity index (χ2n) is 10.4. The van der Waals surface area contributed by atoms with E-state index >= 15 is 0 Å². The Morgan fingerprint density at radius 3 is 2.73 bits per heavy atom. The number of ether oxygens (including phenoxy) is 2. The fourth-order valence-corrected chi connectivity index (χ4v) is 4.05. The number of anilines is 2. The maximum absolute atomic E-state index is 12.3. The highest BCUT2D eigenvalue weighted by atomic mass is 35.5. The number of carbonyl (C=O) groups excluding carboxylic acids is 1. The predicted octanol–water partition coefficient (Wildman–Crippen LogP) is 7.00. The number of amides is 1. The molecule has 1 N–H and O–H groups in total. The number of aromatic nitrogens is 3. The molecule has 44 heavy (non-hydrogen) atoms. The highest BCUT2D eigenvalue weighted by molar-refractivity contribution is 6.32. The van der Waals surface area contributed by atoms with Crippen molar-refractivity contribution in [3.8, 4) is 17.6 Å². The lowest BCUT2D eigenvalue weighted by Gasteiger charge is -2.26. The van der Waals surface area contributed by atoms with Crippen LogP contribution in [0.15, 0.2) is 72.4 Å². The molecule has 0 radical (unpaired) electrons. The zero-order valence-electron chi connectivity index (χ0n) is 25.4. The Morgan fingerprint density at radius 1 is 1.16 bits per heavy atom. The van der Waals surface area contributed by atoms with Gasteiger partial charge in [-0.3, -0.25) is 4.98 Å². The van der Waals surface area contributed by atoms with E-state index in [1.165, 1.54) is 11.2 Å². The average molecular weight is 615 g/mol. The van der Waals surface area contributed by atoms with Gasteiger partial charge in [0.15, 0.2) is 5.71 Å². The van der Waals surface area contributed by atoms with E-state index in [-0.39, 0.29) is 6.61 Å². The molecule has 0 saturated heterocycles. The number of fused-ring (bicyclic) bond motifs is 1. The van der Waals surface area contributed by atoms with Crippen molar-refractivity contribution < 1.29 is 19.1 Å². The first-order valence-electron chi connectivity index (χ1n) is 14.1. The molecule has 0 aliphatic rings. The molecule has 1 amide bonds. The molecule has 2 aromatic heterocycles. The Hall–Kier alpha value is -4.88. The Morgan fingerprint density at radius 2 is 2.00 bits per heavy atom. The van der Waals surface area contributed by atoms with E-state index in [4.69, 9.17) is 25.9 Å². The zero-order valence-corrected chi connectivity index (χ0v) is 26.2. The first kappa shape index (κ1) is 32.0. The van der Waals surface area contributed by atoms with Crippen molar-refractivity contribution in [1.29, 1.82) is 0 Å². The summed E-state index contributed by atoms with van der Waals surface area (Å²) in [5.41, 5.74) is 3.02. The van der Waals surface area contributed by atoms with Gasteiger partial charge in [0.1, 0.15) is 36.7 Å². The molecule has 0 aliphatic carbocycles. The Labute approximate surface area is 262 Å². The van der Waals surface area contributed by atoms with Gasteiger partial charge in [-0.15, -0.1) is 0 Å². The molecule has 0 unspecified atom stereocenters. The number of carbonyl (C=O) groups is 1. The third-order valence-electron chi connectivity index (χ3n) is 6.66. The summed E-state index contributed by atoms with van der Waals surface area (Å²) < 4.78 is 11.4. The molecular formula is C33H35ClN6O4. The summed E-state index contributed by atoms with van der Waals surface area (Å²) in [6.07, 6.45) is 5.25.